The first kappa shape index (κ1) is 54.9. The van der Waals surface area contributed by atoms with Crippen LogP contribution in [0.5, 0.6) is 0 Å². The molecule has 0 aromatic carbocycles. The van der Waals surface area contributed by atoms with Crippen LogP contribution in [0.25, 0.3) is 0 Å². The number of hydrogen-bond donors (Lipinski definition) is 5. The van der Waals surface area contributed by atoms with Crippen LogP contribution < -0.4 is 21.7 Å². The van der Waals surface area contributed by atoms with Gasteiger partial charge in [-0.15, -0.1) is 0 Å². The predicted molar refractivity (Wildman–Crippen MR) is 204 cm³/mol. The molecule has 0 saturated heterocycles. The third kappa shape index (κ3) is 37.2. The minimum Gasteiger partial charge on any atom is -0.480 e. The standard InChI is InChI=1S/C36H68N4O18/c1-29(34(43)39-30(2)35(44)40-31(36(45)46)28-32(37)41)38-33(42)4-5-48-8-9-50-12-13-52-16-17-54-20-21-56-24-25-58-27-26-57-23-22-55-19-18-53-15-14-51-11-10-49-7-6-47-3/h29-31H,4-28H2,1-3H3,(H2,37,41)(H,38,42)(H,39,43)(H,40,44)(H,45,46)/t29-,30+,31-/m0/s1. The molecule has 3 atom stereocenters. The highest BCUT2D eigenvalue weighted by molar-refractivity contribution is 5.94. The molecule has 0 aliphatic rings. The van der Waals surface area contributed by atoms with E-state index >= 15 is 0 Å². The maximum absolute atomic E-state index is 12.3. The van der Waals surface area contributed by atoms with E-state index in [2.05, 4.69) is 16.0 Å². The Morgan fingerprint density at radius 1 is 0.448 bits per heavy atom. The molecule has 0 radical (unpaired) electrons. The number of aliphatic carboxylic acids is 1. The third-order valence-electron chi connectivity index (χ3n) is 7.17. The fourth-order valence-electron chi connectivity index (χ4n) is 4.09. The van der Waals surface area contributed by atoms with Crippen LogP contribution in [-0.2, 0) is 80.8 Å². The van der Waals surface area contributed by atoms with E-state index in [0.29, 0.717) is 139 Å². The second kappa shape index (κ2) is 40.6. The Morgan fingerprint density at radius 2 is 0.724 bits per heavy atom. The van der Waals surface area contributed by atoms with Gasteiger partial charge in [0.1, 0.15) is 18.1 Å². The fraction of sp³-hybridized carbons (Fsp3) is 0.861. The molecule has 4 amide bonds. The minimum atomic E-state index is -1.53. The molecular formula is C36H68N4O18. The van der Waals surface area contributed by atoms with Crippen molar-refractivity contribution in [2.75, 3.05) is 159 Å². The number of nitrogens with one attached hydrogen (secondary N) is 3. The molecule has 0 aliphatic carbocycles. The first-order valence-electron chi connectivity index (χ1n) is 19.3. The molecule has 0 rings (SSSR count). The highest BCUT2D eigenvalue weighted by Crippen LogP contribution is 1.96. The number of methoxy groups -OCH3 is 1. The Hall–Kier alpha value is -3.13. The SMILES string of the molecule is COCCOCCOCCOCCOCCOCCOCCOCCOCCOCCOCCOCCC(=O)N[C@@H](C)C(=O)N[C@H](C)C(=O)N[C@@H](CC(N)=O)C(=O)O. The lowest BCUT2D eigenvalue weighted by molar-refractivity contribution is -0.143. The molecule has 0 aromatic heterocycles. The van der Waals surface area contributed by atoms with E-state index in [-0.39, 0.29) is 19.6 Å². The molecule has 0 saturated carbocycles. The van der Waals surface area contributed by atoms with E-state index < -0.39 is 54.1 Å². The van der Waals surface area contributed by atoms with Crippen LogP contribution in [0.3, 0.4) is 0 Å². The quantitative estimate of drug-likeness (QED) is 0.0402. The van der Waals surface area contributed by atoms with E-state index in [0.717, 1.165) is 0 Å². The summed E-state index contributed by atoms with van der Waals surface area (Å²) < 4.78 is 64.5. The average molecular weight is 845 g/mol. The van der Waals surface area contributed by atoms with E-state index in [1.54, 1.807) is 7.11 Å². The highest BCUT2D eigenvalue weighted by atomic mass is 16.6. The summed E-state index contributed by atoms with van der Waals surface area (Å²) in [5.74, 6) is -4.31. The van der Waals surface area contributed by atoms with Gasteiger partial charge in [0, 0.05) is 13.5 Å². The molecule has 0 bridgehead atoms. The number of carboxylic acids is 1. The summed E-state index contributed by atoms with van der Waals surface area (Å²) in [6, 6.07) is -3.65. The summed E-state index contributed by atoms with van der Waals surface area (Å²) in [6.07, 6.45) is -0.619. The number of amides is 4. The van der Waals surface area contributed by atoms with Crippen molar-refractivity contribution in [3.63, 3.8) is 0 Å². The maximum atomic E-state index is 12.3. The minimum absolute atomic E-state index is 0.0137. The van der Waals surface area contributed by atoms with Crippen LogP contribution in [-0.4, -0.2) is 212 Å². The first-order chi connectivity index (χ1) is 28.1. The maximum Gasteiger partial charge on any atom is 0.326 e. The van der Waals surface area contributed by atoms with Crippen molar-refractivity contribution >= 4 is 29.6 Å². The van der Waals surface area contributed by atoms with Crippen molar-refractivity contribution in [1.29, 1.82) is 0 Å². The number of nitrogens with two attached hydrogens (primary N) is 1. The molecule has 58 heavy (non-hydrogen) atoms. The number of hydrogen-bond acceptors (Lipinski definition) is 17. The lowest BCUT2D eigenvalue weighted by Gasteiger charge is -2.20. The summed E-state index contributed by atoms with van der Waals surface area (Å²) in [5, 5.41) is 16.1. The van der Waals surface area contributed by atoms with Crippen LogP contribution in [0.4, 0.5) is 0 Å². The summed E-state index contributed by atoms with van der Waals surface area (Å²) in [5.41, 5.74) is 4.99. The van der Waals surface area contributed by atoms with Crippen molar-refractivity contribution < 1.29 is 85.9 Å². The summed E-state index contributed by atoms with van der Waals surface area (Å²) in [7, 11) is 1.63. The van der Waals surface area contributed by atoms with Gasteiger partial charge in [0.25, 0.3) is 0 Å². The molecule has 22 heteroatoms. The van der Waals surface area contributed by atoms with Crippen LogP contribution in [0.2, 0.25) is 0 Å². The van der Waals surface area contributed by atoms with Gasteiger partial charge < -0.3 is 83.6 Å². The zero-order valence-corrected chi connectivity index (χ0v) is 34.4. The number of ether oxygens (including phenoxy) is 12. The zero-order valence-electron chi connectivity index (χ0n) is 34.4. The van der Waals surface area contributed by atoms with Gasteiger partial charge >= 0.3 is 5.97 Å². The zero-order chi connectivity index (χ0) is 42.9. The van der Waals surface area contributed by atoms with Gasteiger partial charge in [-0.1, -0.05) is 0 Å². The normalized spacial score (nSPS) is 12.8. The number of carbonyl (C=O) groups is 5. The smallest absolute Gasteiger partial charge is 0.326 e. The van der Waals surface area contributed by atoms with Gasteiger partial charge in [0.2, 0.25) is 23.6 Å². The van der Waals surface area contributed by atoms with E-state index in [4.69, 9.17) is 67.7 Å². The second-order valence-electron chi connectivity index (χ2n) is 12.1. The molecule has 340 valence electrons. The van der Waals surface area contributed by atoms with Crippen LogP contribution in [0.15, 0.2) is 0 Å². The molecule has 0 heterocycles. The molecule has 22 nitrogen and oxygen atoms in total. The van der Waals surface area contributed by atoms with Crippen molar-refractivity contribution in [3.05, 3.63) is 0 Å². The first-order valence-corrected chi connectivity index (χ1v) is 19.3. The highest BCUT2D eigenvalue weighted by Gasteiger charge is 2.26. The summed E-state index contributed by atoms with van der Waals surface area (Å²) in [6.45, 7) is 12.8. The fourth-order valence-corrected chi connectivity index (χ4v) is 4.09. The van der Waals surface area contributed by atoms with E-state index in [1.807, 2.05) is 0 Å². The Kier molecular flexibility index (Phi) is 38.4. The summed E-state index contributed by atoms with van der Waals surface area (Å²) in [4.78, 5) is 58.8. The Bertz CT molecular complexity index is 1050. The third-order valence-corrected chi connectivity index (χ3v) is 7.17. The van der Waals surface area contributed by atoms with Gasteiger partial charge in [-0.2, -0.15) is 0 Å². The van der Waals surface area contributed by atoms with E-state index in [9.17, 15) is 24.0 Å². The second-order valence-corrected chi connectivity index (χ2v) is 12.1. The summed E-state index contributed by atoms with van der Waals surface area (Å²) >= 11 is 0. The van der Waals surface area contributed by atoms with Crippen molar-refractivity contribution in [3.8, 4) is 0 Å². The molecule has 0 fully saturated rings. The van der Waals surface area contributed by atoms with Crippen molar-refractivity contribution in [2.45, 2.75) is 44.8 Å². The average Bonchev–Trinajstić information content (AvgIpc) is 3.18. The lowest BCUT2D eigenvalue weighted by atomic mass is 10.1. The Morgan fingerprint density at radius 3 is 1.02 bits per heavy atom. The molecule has 0 spiro atoms. The van der Waals surface area contributed by atoms with Crippen LogP contribution >= 0.6 is 0 Å². The lowest BCUT2D eigenvalue weighted by Crippen LogP contribution is -2.54. The van der Waals surface area contributed by atoms with E-state index in [1.165, 1.54) is 13.8 Å². The van der Waals surface area contributed by atoms with Gasteiger partial charge in [0.15, 0.2) is 0 Å². The van der Waals surface area contributed by atoms with Crippen molar-refractivity contribution in [2.24, 2.45) is 5.73 Å². The van der Waals surface area contributed by atoms with Crippen LogP contribution in [0.1, 0.15) is 26.7 Å². The molecule has 0 aromatic rings. The topological polar surface area (TPSA) is 278 Å². The van der Waals surface area contributed by atoms with Crippen molar-refractivity contribution in [1.82, 2.24) is 16.0 Å². The molecule has 0 unspecified atom stereocenters. The van der Waals surface area contributed by atoms with Gasteiger partial charge in [-0.05, 0) is 13.8 Å². The Labute approximate surface area is 340 Å². The Balaban J connectivity index is 3.44. The van der Waals surface area contributed by atoms with Gasteiger partial charge in [-0.3, -0.25) is 19.2 Å². The largest absolute Gasteiger partial charge is 0.480 e. The van der Waals surface area contributed by atoms with Crippen LogP contribution in [0, 0.1) is 0 Å². The number of carboxylic acid groups (broad SMARTS) is 1. The monoisotopic (exact) mass is 844 g/mol. The molecule has 6 N–H and O–H groups in total. The van der Waals surface area contributed by atoms with Gasteiger partial charge in [0.05, 0.1) is 158 Å². The molecular weight excluding hydrogens is 776 g/mol. The van der Waals surface area contributed by atoms with Gasteiger partial charge in [-0.25, -0.2) is 4.79 Å². The number of primary amides is 1. The number of carbonyl (C=O) groups excluding carboxylic acids is 4. The predicted octanol–water partition coefficient (Wildman–Crippen LogP) is -2.34. The number of rotatable bonds is 44. The molecule has 0 aliphatic heterocycles.